The molecule has 0 aliphatic rings. The minimum Gasteiger partial charge on any atom is -0.396 e. The van der Waals surface area contributed by atoms with Gasteiger partial charge in [0.1, 0.15) is 0 Å². The van der Waals surface area contributed by atoms with Gasteiger partial charge in [0.15, 0.2) is 0 Å². The molecule has 0 unspecified atom stereocenters. The van der Waals surface area contributed by atoms with Gasteiger partial charge in [0.05, 0.1) is 6.07 Å². The van der Waals surface area contributed by atoms with E-state index in [1.165, 1.54) is 5.56 Å². The maximum atomic E-state index is 9.05. The van der Waals surface area contributed by atoms with Crippen molar-refractivity contribution in [2.24, 2.45) is 0 Å². The molecule has 0 atom stereocenters. The van der Waals surface area contributed by atoms with Crippen LogP contribution in [-0.4, -0.2) is 11.7 Å². The summed E-state index contributed by atoms with van der Waals surface area (Å²) < 4.78 is 0. The lowest BCUT2D eigenvalue weighted by atomic mass is 9.96. The van der Waals surface area contributed by atoms with Gasteiger partial charge in [-0.25, -0.2) is 0 Å². The molecule has 1 N–H and O–H groups in total. The molecular weight excluding hydrogens is 198 g/mol. The van der Waals surface area contributed by atoms with Crippen molar-refractivity contribution in [3.8, 4) is 6.07 Å². The highest BCUT2D eigenvalue weighted by Crippen LogP contribution is 2.24. The van der Waals surface area contributed by atoms with Crippen molar-refractivity contribution < 1.29 is 5.11 Å². The van der Waals surface area contributed by atoms with Crippen molar-refractivity contribution in [1.82, 2.24) is 0 Å². The topological polar surface area (TPSA) is 44.0 Å². The summed E-state index contributed by atoms with van der Waals surface area (Å²) in [6, 6.07) is 10.3. The van der Waals surface area contributed by atoms with E-state index in [2.05, 4.69) is 6.07 Å². The van der Waals surface area contributed by atoms with Crippen molar-refractivity contribution in [3.63, 3.8) is 0 Å². The summed E-state index contributed by atoms with van der Waals surface area (Å²) in [5, 5.41) is 18.1. The molecule has 0 radical (unpaired) electrons. The lowest BCUT2D eigenvalue weighted by Crippen LogP contribution is -1.94. The summed E-state index contributed by atoms with van der Waals surface area (Å²) in [6.07, 6.45) is 1.25. The molecule has 0 fully saturated rings. The van der Waals surface area contributed by atoms with E-state index >= 15 is 0 Å². The van der Waals surface area contributed by atoms with E-state index in [4.69, 9.17) is 10.4 Å². The maximum Gasteiger partial charge on any atom is 0.0950 e. The number of nitrogens with zero attached hydrogens (tertiary/aromatic N) is 1. The molecule has 1 aromatic carbocycles. The molecule has 84 valence electrons. The highest BCUT2D eigenvalue weighted by Gasteiger charge is 2.07. The molecular formula is C14H17NO. The summed E-state index contributed by atoms with van der Waals surface area (Å²) in [7, 11) is 0. The third-order valence-corrected chi connectivity index (χ3v) is 2.61. The Balaban J connectivity index is 3.17. The number of hydrogen-bond donors (Lipinski definition) is 1. The number of nitriles is 1. The van der Waals surface area contributed by atoms with Gasteiger partial charge in [-0.1, -0.05) is 36.8 Å². The highest BCUT2D eigenvalue weighted by molar-refractivity contribution is 5.71. The van der Waals surface area contributed by atoms with Crippen molar-refractivity contribution in [3.05, 3.63) is 41.0 Å². The molecule has 0 aromatic heterocycles. The standard InChI is InChI=1S/C14H17NO/c1-3-12(10-15)14(8-9-16)13-6-4-11(2)5-7-13/h4-7,16H,3,8-9H2,1-2H3/b14-12-. The Hall–Kier alpha value is -1.59. The Morgan fingerprint density at radius 2 is 1.94 bits per heavy atom. The molecule has 2 nitrogen and oxygen atoms in total. The van der Waals surface area contributed by atoms with Crippen LogP contribution in [0.4, 0.5) is 0 Å². The molecule has 1 aromatic rings. The zero-order valence-electron chi connectivity index (χ0n) is 9.83. The quantitative estimate of drug-likeness (QED) is 0.784. The van der Waals surface area contributed by atoms with Crippen LogP contribution in [0.1, 0.15) is 30.9 Å². The largest absolute Gasteiger partial charge is 0.396 e. The predicted molar refractivity (Wildman–Crippen MR) is 65.7 cm³/mol. The Labute approximate surface area is 96.8 Å². The summed E-state index contributed by atoms with van der Waals surface area (Å²) >= 11 is 0. The van der Waals surface area contributed by atoms with Crippen molar-refractivity contribution in [2.75, 3.05) is 6.61 Å². The van der Waals surface area contributed by atoms with E-state index in [1.807, 2.05) is 38.1 Å². The molecule has 0 heterocycles. The van der Waals surface area contributed by atoms with Gasteiger partial charge >= 0.3 is 0 Å². The number of aryl methyl sites for hydroxylation is 1. The molecule has 0 aliphatic carbocycles. The Morgan fingerprint density at radius 3 is 2.38 bits per heavy atom. The lowest BCUT2D eigenvalue weighted by molar-refractivity contribution is 0.305. The summed E-state index contributed by atoms with van der Waals surface area (Å²) in [4.78, 5) is 0. The third kappa shape index (κ3) is 2.95. The zero-order valence-corrected chi connectivity index (χ0v) is 9.83. The molecule has 16 heavy (non-hydrogen) atoms. The number of hydrogen-bond acceptors (Lipinski definition) is 2. The van der Waals surface area contributed by atoms with E-state index in [-0.39, 0.29) is 6.61 Å². The summed E-state index contributed by atoms with van der Waals surface area (Å²) in [5.74, 6) is 0. The van der Waals surface area contributed by atoms with Crippen molar-refractivity contribution >= 4 is 5.57 Å². The van der Waals surface area contributed by atoms with Gasteiger partial charge in [-0.2, -0.15) is 5.26 Å². The summed E-state index contributed by atoms with van der Waals surface area (Å²) in [6.45, 7) is 4.07. The average molecular weight is 215 g/mol. The van der Waals surface area contributed by atoms with Gasteiger partial charge in [0.2, 0.25) is 0 Å². The first-order chi connectivity index (χ1) is 7.72. The smallest absolute Gasteiger partial charge is 0.0950 e. The van der Waals surface area contributed by atoms with Gasteiger partial charge in [-0.05, 0) is 30.9 Å². The molecule has 0 bridgehead atoms. The van der Waals surface area contributed by atoms with E-state index in [9.17, 15) is 0 Å². The Bertz CT molecular complexity index is 409. The monoisotopic (exact) mass is 215 g/mol. The minimum absolute atomic E-state index is 0.0778. The molecule has 0 saturated carbocycles. The number of allylic oxidation sites excluding steroid dienone is 1. The first-order valence-corrected chi connectivity index (χ1v) is 5.53. The van der Waals surface area contributed by atoms with Crippen LogP contribution in [0.15, 0.2) is 29.8 Å². The van der Waals surface area contributed by atoms with E-state index < -0.39 is 0 Å². The Kier molecular flexibility index (Phi) is 4.75. The molecule has 0 spiro atoms. The van der Waals surface area contributed by atoms with Crippen LogP contribution in [-0.2, 0) is 0 Å². The maximum absolute atomic E-state index is 9.05. The third-order valence-electron chi connectivity index (χ3n) is 2.61. The minimum atomic E-state index is 0.0778. The van der Waals surface area contributed by atoms with Crippen LogP contribution < -0.4 is 0 Å². The summed E-state index contributed by atoms with van der Waals surface area (Å²) in [5.41, 5.74) is 3.96. The van der Waals surface area contributed by atoms with E-state index in [0.717, 1.165) is 16.7 Å². The van der Waals surface area contributed by atoms with E-state index in [1.54, 1.807) is 0 Å². The van der Waals surface area contributed by atoms with Gasteiger partial charge in [-0.3, -0.25) is 0 Å². The van der Waals surface area contributed by atoms with Gasteiger partial charge in [0, 0.05) is 12.2 Å². The highest BCUT2D eigenvalue weighted by atomic mass is 16.2. The van der Waals surface area contributed by atoms with Crippen LogP contribution in [0, 0.1) is 18.3 Å². The number of benzene rings is 1. The average Bonchev–Trinajstić information content (AvgIpc) is 2.31. The molecule has 1 rings (SSSR count). The zero-order chi connectivity index (χ0) is 12.0. The number of rotatable bonds is 4. The van der Waals surface area contributed by atoms with Crippen LogP contribution in [0.5, 0.6) is 0 Å². The van der Waals surface area contributed by atoms with Crippen LogP contribution >= 0.6 is 0 Å². The SMILES string of the molecule is CC/C(C#N)=C(\CCO)c1ccc(C)cc1. The number of aliphatic hydroxyl groups excluding tert-OH is 1. The molecule has 0 saturated heterocycles. The fourth-order valence-electron chi connectivity index (χ4n) is 1.70. The number of aliphatic hydroxyl groups is 1. The molecule has 0 amide bonds. The first-order valence-electron chi connectivity index (χ1n) is 5.53. The lowest BCUT2D eigenvalue weighted by Gasteiger charge is -2.09. The van der Waals surface area contributed by atoms with Crippen LogP contribution in [0.25, 0.3) is 5.57 Å². The van der Waals surface area contributed by atoms with Crippen molar-refractivity contribution in [1.29, 1.82) is 5.26 Å². The fraction of sp³-hybridized carbons (Fsp3) is 0.357. The fourth-order valence-corrected chi connectivity index (χ4v) is 1.70. The van der Waals surface area contributed by atoms with Crippen LogP contribution in [0.3, 0.4) is 0 Å². The van der Waals surface area contributed by atoms with Gasteiger partial charge < -0.3 is 5.11 Å². The molecule has 0 aliphatic heterocycles. The van der Waals surface area contributed by atoms with Crippen LogP contribution in [0.2, 0.25) is 0 Å². The normalized spacial score (nSPS) is 11.9. The van der Waals surface area contributed by atoms with Gasteiger partial charge in [-0.15, -0.1) is 0 Å². The predicted octanol–water partition coefficient (Wildman–Crippen LogP) is 3.06. The second-order valence-corrected chi connectivity index (χ2v) is 3.76. The van der Waals surface area contributed by atoms with Crippen molar-refractivity contribution in [2.45, 2.75) is 26.7 Å². The second-order valence-electron chi connectivity index (χ2n) is 3.76. The van der Waals surface area contributed by atoms with E-state index in [0.29, 0.717) is 12.8 Å². The Morgan fingerprint density at radius 1 is 1.31 bits per heavy atom. The van der Waals surface area contributed by atoms with Gasteiger partial charge in [0.25, 0.3) is 0 Å². The second kappa shape index (κ2) is 6.09. The molecule has 2 heteroatoms. The first kappa shape index (κ1) is 12.5.